The zero-order valence-electron chi connectivity index (χ0n) is 23.8. The highest BCUT2D eigenvalue weighted by molar-refractivity contribution is 5.92. The number of nitrogens with zero attached hydrogens (tertiary/aromatic N) is 4. The summed E-state index contributed by atoms with van der Waals surface area (Å²) in [6, 6.07) is 20.9. The van der Waals surface area contributed by atoms with Gasteiger partial charge in [-0.1, -0.05) is 38.1 Å². The van der Waals surface area contributed by atoms with Crippen molar-refractivity contribution in [2.45, 2.75) is 46.3 Å². The van der Waals surface area contributed by atoms with Crippen LogP contribution in [0.25, 0.3) is 22.3 Å². The number of carboxylic acid groups (broad SMARTS) is 1. The van der Waals surface area contributed by atoms with Crippen LogP contribution in [0.4, 0.5) is 8.78 Å². The summed E-state index contributed by atoms with van der Waals surface area (Å²) in [5.41, 5.74) is 3.65. The lowest BCUT2D eigenvalue weighted by atomic mass is 10.1. The second-order valence-electron chi connectivity index (χ2n) is 10.1. The van der Waals surface area contributed by atoms with Crippen molar-refractivity contribution in [3.63, 3.8) is 0 Å². The minimum absolute atomic E-state index is 0.0723. The number of benzene rings is 3. The molecule has 0 radical (unpaired) electrons. The monoisotopic (exact) mass is 580 g/mol. The van der Waals surface area contributed by atoms with Crippen LogP contribution in [0.5, 0.6) is 5.88 Å². The first-order chi connectivity index (χ1) is 20.9. The van der Waals surface area contributed by atoms with E-state index in [0.29, 0.717) is 39.6 Å². The van der Waals surface area contributed by atoms with E-state index in [1.54, 1.807) is 42.5 Å². The summed E-state index contributed by atoms with van der Waals surface area (Å²) in [6.07, 6.45) is 2.47. The van der Waals surface area contributed by atoms with Crippen LogP contribution in [-0.2, 0) is 19.6 Å². The smallest absolute Gasteiger partial charge is 0.335 e. The number of imidazole rings is 1. The number of aromatic carboxylic acids is 1. The van der Waals surface area contributed by atoms with Gasteiger partial charge in [0.05, 0.1) is 33.9 Å². The summed E-state index contributed by atoms with van der Waals surface area (Å²) >= 11 is 0. The average Bonchev–Trinajstić information content (AvgIpc) is 3.79. The molecular weight excluding hydrogens is 550 g/mol. The minimum atomic E-state index is -1.00. The highest BCUT2D eigenvalue weighted by Gasteiger charge is 2.25. The third-order valence-electron chi connectivity index (χ3n) is 7.19. The van der Waals surface area contributed by atoms with Crippen LogP contribution in [-0.4, -0.2) is 25.6 Å². The lowest BCUT2D eigenvalue weighted by Gasteiger charge is -2.11. The summed E-state index contributed by atoms with van der Waals surface area (Å²) in [7, 11) is 0. The van der Waals surface area contributed by atoms with Crippen LogP contribution in [0.3, 0.4) is 0 Å². The number of rotatable bonds is 9. The molecule has 3 aromatic carbocycles. The number of nitriles is 1. The summed E-state index contributed by atoms with van der Waals surface area (Å²) in [4.78, 5) is 20.7. The van der Waals surface area contributed by atoms with Crippen molar-refractivity contribution in [1.29, 1.82) is 5.26 Å². The molecule has 0 bridgehead atoms. The van der Waals surface area contributed by atoms with Crippen LogP contribution in [0.2, 0.25) is 0 Å². The standard InChI is InChI=1S/C32H24F2N4O3.C2H6/c33-25-12-20(16-35)6-7-24(25)18-41-31-3-1-2-27(37-31)22-9-8-21(26(34)13-22)15-30-36-28-11-10-23(32(39)40)14-29(28)38(30)17-19-4-5-19;1-2/h1-3,6-14,19H,4-5,15,17-18H2,(H,39,40);1-2H3. The number of hydrogen-bond donors (Lipinski definition) is 1. The zero-order chi connectivity index (χ0) is 30.5. The molecule has 7 nitrogen and oxygen atoms in total. The molecule has 1 aliphatic carbocycles. The lowest BCUT2D eigenvalue weighted by Crippen LogP contribution is -2.07. The fourth-order valence-electron chi connectivity index (χ4n) is 4.76. The summed E-state index contributed by atoms with van der Waals surface area (Å²) in [5.74, 6) is -0.494. The average molecular weight is 581 g/mol. The molecule has 1 aliphatic rings. The summed E-state index contributed by atoms with van der Waals surface area (Å²) in [6.45, 7) is 4.65. The Kier molecular flexibility index (Phi) is 8.77. The number of ether oxygens (including phenoxy) is 1. The van der Waals surface area contributed by atoms with E-state index in [2.05, 4.69) is 4.98 Å². The van der Waals surface area contributed by atoms with Gasteiger partial charge >= 0.3 is 5.97 Å². The van der Waals surface area contributed by atoms with E-state index in [1.165, 1.54) is 24.3 Å². The van der Waals surface area contributed by atoms with E-state index < -0.39 is 17.6 Å². The molecule has 6 rings (SSSR count). The Morgan fingerprint density at radius 2 is 1.77 bits per heavy atom. The van der Waals surface area contributed by atoms with Gasteiger partial charge in [0.25, 0.3) is 0 Å². The van der Waals surface area contributed by atoms with Crippen LogP contribution in [0, 0.1) is 28.9 Å². The van der Waals surface area contributed by atoms with Gasteiger partial charge in [0.2, 0.25) is 5.88 Å². The van der Waals surface area contributed by atoms with E-state index in [-0.39, 0.29) is 30.0 Å². The van der Waals surface area contributed by atoms with Gasteiger partial charge in [0, 0.05) is 30.2 Å². The second-order valence-corrected chi connectivity index (χ2v) is 10.1. The molecule has 2 heterocycles. The first-order valence-electron chi connectivity index (χ1n) is 14.2. The SMILES string of the molecule is CC.N#Cc1ccc(COc2cccc(-c3ccc(Cc4nc5ccc(C(=O)O)cc5n4CC4CC4)c(F)c3)n2)c(F)c1. The van der Waals surface area contributed by atoms with Crippen LogP contribution < -0.4 is 4.74 Å². The number of pyridine rings is 1. The van der Waals surface area contributed by atoms with Crippen molar-refractivity contribution in [3.05, 3.63) is 113 Å². The summed E-state index contributed by atoms with van der Waals surface area (Å²) in [5, 5.41) is 18.3. The molecule has 0 atom stereocenters. The second kappa shape index (κ2) is 12.8. The Morgan fingerprint density at radius 3 is 2.47 bits per heavy atom. The normalized spacial score (nSPS) is 12.3. The van der Waals surface area contributed by atoms with Crippen LogP contribution in [0.1, 0.15) is 59.6 Å². The quantitative estimate of drug-likeness (QED) is 0.193. The van der Waals surface area contributed by atoms with Gasteiger partial charge < -0.3 is 14.4 Å². The first kappa shape index (κ1) is 29.4. The maximum Gasteiger partial charge on any atom is 0.335 e. The van der Waals surface area contributed by atoms with Gasteiger partial charge in [0.15, 0.2) is 0 Å². The van der Waals surface area contributed by atoms with Crippen LogP contribution >= 0.6 is 0 Å². The van der Waals surface area contributed by atoms with Gasteiger partial charge in [-0.3, -0.25) is 0 Å². The summed E-state index contributed by atoms with van der Waals surface area (Å²) < 4.78 is 37.3. The van der Waals surface area contributed by atoms with Gasteiger partial charge in [-0.2, -0.15) is 5.26 Å². The van der Waals surface area contributed by atoms with Crippen molar-refractivity contribution in [2.24, 2.45) is 5.92 Å². The number of halogens is 2. The molecule has 2 aromatic heterocycles. The van der Waals surface area contributed by atoms with Crippen LogP contribution in [0.15, 0.2) is 72.8 Å². The largest absolute Gasteiger partial charge is 0.478 e. The minimum Gasteiger partial charge on any atom is -0.478 e. The molecule has 5 aromatic rings. The molecule has 0 amide bonds. The molecule has 218 valence electrons. The zero-order valence-corrected chi connectivity index (χ0v) is 23.8. The molecule has 0 aliphatic heterocycles. The Hall–Kier alpha value is -5.10. The van der Waals surface area contributed by atoms with Crippen molar-refractivity contribution < 1.29 is 23.4 Å². The Morgan fingerprint density at radius 1 is 1.00 bits per heavy atom. The van der Waals surface area contributed by atoms with E-state index in [9.17, 15) is 14.3 Å². The molecule has 0 saturated heterocycles. The van der Waals surface area contributed by atoms with Crippen molar-refractivity contribution >= 4 is 17.0 Å². The van der Waals surface area contributed by atoms with E-state index in [4.69, 9.17) is 15.0 Å². The molecule has 43 heavy (non-hydrogen) atoms. The highest BCUT2D eigenvalue weighted by atomic mass is 19.1. The Balaban J connectivity index is 0.00000180. The number of fused-ring (bicyclic) bond motifs is 1. The third-order valence-corrected chi connectivity index (χ3v) is 7.19. The predicted molar refractivity (Wildman–Crippen MR) is 159 cm³/mol. The molecular formula is C34H30F2N4O3. The molecule has 1 fully saturated rings. The van der Waals surface area contributed by atoms with Crippen molar-refractivity contribution in [2.75, 3.05) is 0 Å². The molecule has 1 N–H and O–H groups in total. The van der Waals surface area contributed by atoms with Crippen molar-refractivity contribution in [3.8, 4) is 23.2 Å². The molecule has 0 unspecified atom stereocenters. The third kappa shape index (κ3) is 6.70. The maximum atomic E-state index is 15.4. The predicted octanol–water partition coefficient (Wildman–Crippen LogP) is 7.55. The fourth-order valence-corrected chi connectivity index (χ4v) is 4.76. The van der Waals surface area contributed by atoms with Crippen molar-refractivity contribution in [1.82, 2.24) is 14.5 Å². The fraction of sp³-hybridized carbons (Fsp3) is 0.235. The van der Waals surface area contributed by atoms with Gasteiger partial charge in [-0.15, -0.1) is 0 Å². The Labute approximate surface area is 248 Å². The Bertz CT molecular complexity index is 1840. The van der Waals surface area contributed by atoms with Gasteiger partial charge in [-0.05, 0) is 66.8 Å². The number of carboxylic acids is 1. The number of aromatic nitrogens is 3. The topological polar surface area (TPSA) is 101 Å². The lowest BCUT2D eigenvalue weighted by molar-refractivity contribution is 0.0697. The van der Waals surface area contributed by atoms with Gasteiger partial charge in [-0.25, -0.2) is 23.5 Å². The number of hydrogen-bond acceptors (Lipinski definition) is 5. The molecule has 0 spiro atoms. The van der Waals surface area contributed by atoms with E-state index >= 15 is 4.39 Å². The highest BCUT2D eigenvalue weighted by Crippen LogP contribution is 2.33. The molecule has 9 heteroatoms. The van der Waals surface area contributed by atoms with Gasteiger partial charge in [0.1, 0.15) is 24.1 Å². The maximum absolute atomic E-state index is 15.4. The number of carbonyl (C=O) groups is 1. The van der Waals surface area contributed by atoms with E-state index in [1.807, 2.05) is 24.5 Å². The van der Waals surface area contributed by atoms with E-state index in [0.717, 1.165) is 31.0 Å². The molecule has 1 saturated carbocycles. The first-order valence-corrected chi connectivity index (χ1v) is 14.2.